The minimum absolute atomic E-state index is 0.0511. The summed E-state index contributed by atoms with van der Waals surface area (Å²) in [6.45, 7) is 5.65. The summed E-state index contributed by atoms with van der Waals surface area (Å²) < 4.78 is 24.3. The number of rotatable bonds is 7. The molecule has 30 heavy (non-hydrogen) atoms. The zero-order chi connectivity index (χ0) is 21.7. The van der Waals surface area contributed by atoms with E-state index in [1.165, 1.54) is 18.2 Å². The number of benzene rings is 2. The van der Waals surface area contributed by atoms with Gasteiger partial charge >= 0.3 is 5.97 Å². The molecule has 2 aromatic carbocycles. The summed E-state index contributed by atoms with van der Waals surface area (Å²) in [5.41, 5.74) is 2.32. The fourth-order valence-electron chi connectivity index (χ4n) is 3.60. The molecule has 0 aliphatic carbocycles. The van der Waals surface area contributed by atoms with Gasteiger partial charge in [-0.2, -0.15) is 0 Å². The number of hydrogen-bond acceptors (Lipinski definition) is 4. The lowest BCUT2D eigenvalue weighted by atomic mass is 9.83. The third kappa shape index (κ3) is 4.59. The number of carbonyl (C=O) groups excluding carboxylic acids is 2. The smallest absolute Gasteiger partial charge is 0.336 e. The van der Waals surface area contributed by atoms with Crippen LogP contribution in [0.3, 0.4) is 0 Å². The van der Waals surface area contributed by atoms with Crippen LogP contribution in [0.15, 0.2) is 72.5 Å². The molecule has 0 saturated carbocycles. The Hall–Kier alpha value is -3.41. The van der Waals surface area contributed by atoms with E-state index in [0.717, 1.165) is 11.3 Å². The second-order valence-corrected chi connectivity index (χ2v) is 7.03. The molecule has 3 rings (SSSR count). The van der Waals surface area contributed by atoms with Crippen LogP contribution in [0.5, 0.6) is 5.75 Å². The highest BCUT2D eigenvalue weighted by Gasteiger charge is 2.37. The molecule has 0 saturated heterocycles. The van der Waals surface area contributed by atoms with Crippen molar-refractivity contribution < 1.29 is 23.5 Å². The maximum atomic E-state index is 13.8. The van der Waals surface area contributed by atoms with Crippen LogP contribution >= 0.6 is 0 Å². The summed E-state index contributed by atoms with van der Waals surface area (Å²) in [6, 6.07) is 13.3. The predicted octanol–water partition coefficient (Wildman–Crippen LogP) is 4.35. The number of methoxy groups -OCH3 is 1. The van der Waals surface area contributed by atoms with Gasteiger partial charge in [-0.3, -0.25) is 4.79 Å². The van der Waals surface area contributed by atoms with Crippen LogP contribution in [-0.4, -0.2) is 30.5 Å². The lowest BCUT2D eigenvalue weighted by Gasteiger charge is -2.34. The molecule has 0 aromatic heterocycles. The van der Waals surface area contributed by atoms with Gasteiger partial charge < -0.3 is 14.4 Å². The first-order valence-electron chi connectivity index (χ1n) is 9.62. The van der Waals surface area contributed by atoms with Gasteiger partial charge in [0, 0.05) is 18.0 Å². The summed E-state index contributed by atoms with van der Waals surface area (Å²) in [5.74, 6) is -0.947. The summed E-state index contributed by atoms with van der Waals surface area (Å²) in [4.78, 5) is 27.4. The Balaban J connectivity index is 1.99. The van der Waals surface area contributed by atoms with E-state index < -0.39 is 17.7 Å². The fourth-order valence-corrected chi connectivity index (χ4v) is 3.60. The lowest BCUT2D eigenvalue weighted by Crippen LogP contribution is -2.38. The van der Waals surface area contributed by atoms with Crippen molar-refractivity contribution in [2.45, 2.75) is 25.8 Å². The number of carbonyl (C=O) groups is 2. The van der Waals surface area contributed by atoms with Gasteiger partial charge in [0.1, 0.15) is 18.2 Å². The van der Waals surface area contributed by atoms with E-state index >= 15 is 0 Å². The SMILES string of the molecule is C=CCOC(=O)C1=C(C)N(Cc2ccc(OC)cc2)C(=O)CC1c1cccc(F)c1. The quantitative estimate of drug-likeness (QED) is 0.504. The molecule has 1 heterocycles. The third-order valence-electron chi connectivity index (χ3n) is 5.13. The van der Waals surface area contributed by atoms with Crippen LogP contribution in [-0.2, 0) is 20.9 Å². The minimum Gasteiger partial charge on any atom is -0.497 e. The van der Waals surface area contributed by atoms with Crippen molar-refractivity contribution in [3.8, 4) is 5.75 Å². The van der Waals surface area contributed by atoms with Gasteiger partial charge in [-0.15, -0.1) is 0 Å². The number of hydrogen-bond donors (Lipinski definition) is 0. The largest absolute Gasteiger partial charge is 0.497 e. The zero-order valence-corrected chi connectivity index (χ0v) is 17.1. The van der Waals surface area contributed by atoms with Crippen molar-refractivity contribution in [3.05, 3.63) is 89.4 Å². The van der Waals surface area contributed by atoms with Crippen molar-refractivity contribution in [3.63, 3.8) is 0 Å². The molecule has 1 amide bonds. The van der Waals surface area contributed by atoms with E-state index in [4.69, 9.17) is 9.47 Å². The normalized spacial score (nSPS) is 16.4. The fraction of sp³-hybridized carbons (Fsp3) is 0.250. The minimum atomic E-state index is -0.572. The molecule has 0 N–H and O–H groups in total. The molecule has 6 heteroatoms. The molecule has 1 aliphatic heterocycles. The third-order valence-corrected chi connectivity index (χ3v) is 5.13. The molecule has 1 unspecified atom stereocenters. The first kappa shape index (κ1) is 21.3. The highest BCUT2D eigenvalue weighted by Crippen LogP contribution is 2.38. The summed E-state index contributed by atoms with van der Waals surface area (Å²) in [7, 11) is 1.59. The number of ether oxygens (including phenoxy) is 2. The molecule has 5 nitrogen and oxygen atoms in total. The average Bonchev–Trinajstić information content (AvgIpc) is 2.75. The van der Waals surface area contributed by atoms with E-state index in [9.17, 15) is 14.0 Å². The van der Waals surface area contributed by atoms with Gasteiger partial charge in [0.2, 0.25) is 5.91 Å². The van der Waals surface area contributed by atoms with Gasteiger partial charge in [0.25, 0.3) is 0 Å². The summed E-state index contributed by atoms with van der Waals surface area (Å²) >= 11 is 0. The molecule has 1 atom stereocenters. The Morgan fingerprint density at radius 2 is 2.00 bits per heavy atom. The number of esters is 1. The van der Waals surface area contributed by atoms with Crippen molar-refractivity contribution in [1.29, 1.82) is 0 Å². The molecule has 0 spiro atoms. The number of nitrogens with zero attached hydrogens (tertiary/aromatic N) is 1. The van der Waals surface area contributed by atoms with Gasteiger partial charge in [-0.25, -0.2) is 9.18 Å². The molecule has 1 aliphatic rings. The summed E-state index contributed by atoms with van der Waals surface area (Å²) in [6.07, 6.45) is 1.53. The average molecular weight is 409 g/mol. The molecular formula is C24H24FNO4. The Kier molecular flexibility index (Phi) is 6.67. The van der Waals surface area contributed by atoms with Gasteiger partial charge in [-0.05, 0) is 42.3 Å². The molecule has 156 valence electrons. The van der Waals surface area contributed by atoms with E-state index in [-0.39, 0.29) is 18.9 Å². The number of amides is 1. The van der Waals surface area contributed by atoms with E-state index in [0.29, 0.717) is 23.4 Å². The van der Waals surface area contributed by atoms with Gasteiger partial charge in [0.05, 0.1) is 19.2 Å². The van der Waals surface area contributed by atoms with E-state index in [1.807, 2.05) is 24.3 Å². The van der Waals surface area contributed by atoms with E-state index in [2.05, 4.69) is 6.58 Å². The van der Waals surface area contributed by atoms with Crippen LogP contribution < -0.4 is 4.74 Å². The van der Waals surface area contributed by atoms with Gasteiger partial charge in [-0.1, -0.05) is 36.9 Å². The van der Waals surface area contributed by atoms with Crippen molar-refractivity contribution >= 4 is 11.9 Å². The maximum Gasteiger partial charge on any atom is 0.336 e. The second-order valence-electron chi connectivity index (χ2n) is 7.03. The molecular weight excluding hydrogens is 385 g/mol. The molecule has 0 radical (unpaired) electrons. The Morgan fingerprint density at radius 1 is 1.27 bits per heavy atom. The Labute approximate surface area is 175 Å². The summed E-state index contributed by atoms with van der Waals surface area (Å²) in [5, 5.41) is 0. The topological polar surface area (TPSA) is 55.8 Å². The van der Waals surface area contributed by atoms with Crippen molar-refractivity contribution in [2.75, 3.05) is 13.7 Å². The first-order valence-corrected chi connectivity index (χ1v) is 9.62. The molecule has 0 fully saturated rings. The highest BCUT2D eigenvalue weighted by molar-refractivity contribution is 5.95. The van der Waals surface area contributed by atoms with Crippen LogP contribution in [0.4, 0.5) is 4.39 Å². The monoisotopic (exact) mass is 409 g/mol. The van der Waals surface area contributed by atoms with Crippen molar-refractivity contribution in [1.82, 2.24) is 4.90 Å². The number of halogens is 1. The Bertz CT molecular complexity index is 981. The van der Waals surface area contributed by atoms with Crippen LogP contribution in [0.2, 0.25) is 0 Å². The molecule has 0 bridgehead atoms. The van der Waals surface area contributed by atoms with Crippen LogP contribution in [0.1, 0.15) is 30.4 Å². The predicted molar refractivity (Wildman–Crippen MR) is 111 cm³/mol. The highest BCUT2D eigenvalue weighted by atomic mass is 19.1. The lowest BCUT2D eigenvalue weighted by molar-refractivity contribution is -0.139. The standard InChI is InChI=1S/C24H24FNO4/c1-4-12-30-24(28)23-16(2)26(15-17-8-10-20(29-3)11-9-17)22(27)14-21(23)18-6-5-7-19(25)13-18/h4-11,13,21H,1,12,14-15H2,2-3H3. The maximum absolute atomic E-state index is 13.8. The van der Waals surface area contributed by atoms with Crippen LogP contribution in [0.25, 0.3) is 0 Å². The Morgan fingerprint density at radius 3 is 2.63 bits per heavy atom. The van der Waals surface area contributed by atoms with Crippen LogP contribution in [0, 0.1) is 5.82 Å². The van der Waals surface area contributed by atoms with Gasteiger partial charge in [0.15, 0.2) is 0 Å². The molecule has 2 aromatic rings. The second kappa shape index (κ2) is 9.39. The first-order chi connectivity index (χ1) is 14.4. The number of allylic oxidation sites excluding steroid dienone is 1. The van der Waals surface area contributed by atoms with Crippen molar-refractivity contribution in [2.24, 2.45) is 0 Å². The zero-order valence-electron chi connectivity index (χ0n) is 17.1. The van der Waals surface area contributed by atoms with E-state index in [1.54, 1.807) is 31.1 Å².